The molecule has 3 N–H and O–H groups in total. The molecular formula is C5H12O5P+. The third-order valence-electron chi connectivity index (χ3n) is 1.24. The summed E-state index contributed by atoms with van der Waals surface area (Å²) in [6.45, 7) is -0.193. The van der Waals surface area contributed by atoms with Crippen molar-refractivity contribution in [2.45, 2.75) is 6.42 Å². The van der Waals surface area contributed by atoms with Crippen LogP contribution in [0.5, 0.6) is 0 Å². The van der Waals surface area contributed by atoms with E-state index in [0.29, 0.717) is 6.42 Å². The maximum absolute atomic E-state index is 9.96. The minimum absolute atomic E-state index is 0.0808. The van der Waals surface area contributed by atoms with E-state index in [2.05, 4.69) is 4.52 Å². The third kappa shape index (κ3) is 6.34. The van der Waals surface area contributed by atoms with E-state index < -0.39 is 8.25 Å². The Labute approximate surface area is 65.6 Å². The van der Waals surface area contributed by atoms with Gasteiger partial charge < -0.3 is 10.2 Å². The number of hydrogen-bond acceptors (Lipinski definition) is 4. The molecule has 0 aliphatic carbocycles. The van der Waals surface area contributed by atoms with Crippen LogP contribution in [0.25, 0.3) is 0 Å². The molecule has 0 saturated heterocycles. The van der Waals surface area contributed by atoms with Crippen molar-refractivity contribution in [1.29, 1.82) is 0 Å². The van der Waals surface area contributed by atoms with Gasteiger partial charge in [-0.25, -0.2) is 0 Å². The van der Waals surface area contributed by atoms with Gasteiger partial charge in [0.05, 0.1) is 0 Å². The van der Waals surface area contributed by atoms with Crippen molar-refractivity contribution in [1.82, 2.24) is 0 Å². The molecule has 0 aliphatic rings. The van der Waals surface area contributed by atoms with E-state index in [1.54, 1.807) is 0 Å². The Hall–Kier alpha value is -0.0600. The van der Waals surface area contributed by atoms with Gasteiger partial charge in [0.25, 0.3) is 0 Å². The highest BCUT2D eigenvalue weighted by molar-refractivity contribution is 7.32. The Balaban J connectivity index is 3.28. The van der Waals surface area contributed by atoms with Gasteiger partial charge in [0.2, 0.25) is 0 Å². The van der Waals surface area contributed by atoms with E-state index in [-0.39, 0.29) is 25.7 Å². The average molecular weight is 183 g/mol. The molecule has 0 radical (unpaired) electrons. The first-order chi connectivity index (χ1) is 5.20. The summed E-state index contributed by atoms with van der Waals surface area (Å²) >= 11 is 0. The molecule has 0 aliphatic heterocycles. The summed E-state index contributed by atoms with van der Waals surface area (Å²) in [7, 11) is -2.55. The van der Waals surface area contributed by atoms with Gasteiger partial charge >= 0.3 is 8.25 Å². The molecule has 6 heteroatoms. The van der Waals surface area contributed by atoms with Crippen molar-refractivity contribution in [3.63, 3.8) is 0 Å². The van der Waals surface area contributed by atoms with E-state index in [4.69, 9.17) is 15.1 Å². The molecule has 0 fully saturated rings. The van der Waals surface area contributed by atoms with Gasteiger partial charge in [0.15, 0.2) is 0 Å². The molecule has 0 bridgehead atoms. The molecule has 1 unspecified atom stereocenters. The van der Waals surface area contributed by atoms with Crippen LogP contribution in [0, 0.1) is 5.92 Å². The van der Waals surface area contributed by atoms with Crippen molar-refractivity contribution in [3.8, 4) is 0 Å². The van der Waals surface area contributed by atoms with Gasteiger partial charge in [0, 0.05) is 23.7 Å². The largest absolute Gasteiger partial charge is 0.694 e. The third-order valence-corrected chi connectivity index (χ3v) is 1.65. The molecule has 0 aromatic carbocycles. The minimum atomic E-state index is -2.55. The Morgan fingerprint density at radius 3 is 2.27 bits per heavy atom. The van der Waals surface area contributed by atoms with Gasteiger partial charge in [-0.15, -0.1) is 9.42 Å². The van der Waals surface area contributed by atoms with Gasteiger partial charge in [-0.2, -0.15) is 0 Å². The smallest absolute Gasteiger partial charge is 0.396 e. The Kier molecular flexibility index (Phi) is 6.60. The lowest BCUT2D eigenvalue weighted by molar-refractivity contribution is 0.127. The summed E-state index contributed by atoms with van der Waals surface area (Å²) in [6, 6.07) is 0. The number of aliphatic hydroxyl groups excluding tert-OH is 2. The topological polar surface area (TPSA) is 87.0 Å². The molecule has 0 rings (SSSR count). The molecule has 1 atom stereocenters. The second kappa shape index (κ2) is 6.64. The van der Waals surface area contributed by atoms with Crippen LogP contribution in [0.15, 0.2) is 0 Å². The van der Waals surface area contributed by atoms with Gasteiger partial charge in [-0.3, -0.25) is 0 Å². The highest BCUT2D eigenvalue weighted by Gasteiger charge is 2.13. The van der Waals surface area contributed by atoms with E-state index in [1.165, 1.54) is 0 Å². The molecule has 66 valence electrons. The average Bonchev–Trinajstić information content (AvgIpc) is 1.98. The SMILES string of the molecule is O=[P+](O)OCCC(CO)CO. The zero-order valence-electron chi connectivity index (χ0n) is 6.01. The van der Waals surface area contributed by atoms with Crippen LogP contribution in [-0.4, -0.2) is 34.9 Å². The molecule has 0 aromatic heterocycles. The highest BCUT2D eigenvalue weighted by Crippen LogP contribution is 2.15. The maximum atomic E-state index is 9.96. The van der Waals surface area contributed by atoms with Crippen LogP contribution in [0.4, 0.5) is 0 Å². The van der Waals surface area contributed by atoms with Crippen molar-refractivity contribution >= 4 is 8.25 Å². The standard InChI is InChI=1S/C5H11O5P/c6-3-5(4-7)1-2-10-11(8)9/h5-7H,1-4H2/p+1. The lowest BCUT2D eigenvalue weighted by Gasteiger charge is -2.06. The highest BCUT2D eigenvalue weighted by atomic mass is 31.1. The predicted molar refractivity (Wildman–Crippen MR) is 38.1 cm³/mol. The Morgan fingerprint density at radius 2 is 1.91 bits per heavy atom. The molecule has 5 nitrogen and oxygen atoms in total. The van der Waals surface area contributed by atoms with Crippen LogP contribution in [-0.2, 0) is 9.09 Å². The second-order valence-electron chi connectivity index (χ2n) is 2.09. The molecule has 0 saturated carbocycles. The van der Waals surface area contributed by atoms with Gasteiger partial charge in [0.1, 0.15) is 6.61 Å². The molecule has 0 amide bonds. The molecule has 0 aromatic rings. The number of aliphatic hydroxyl groups is 2. The van der Waals surface area contributed by atoms with Crippen LogP contribution in [0.2, 0.25) is 0 Å². The lowest BCUT2D eigenvalue weighted by atomic mass is 10.1. The van der Waals surface area contributed by atoms with Crippen molar-refractivity contribution in [2.75, 3.05) is 19.8 Å². The first-order valence-electron chi connectivity index (χ1n) is 3.21. The minimum Gasteiger partial charge on any atom is -0.396 e. The summed E-state index contributed by atoms with van der Waals surface area (Å²) in [5.74, 6) is -0.259. The summed E-state index contributed by atoms with van der Waals surface area (Å²) in [4.78, 5) is 8.17. The normalized spacial score (nSPS) is 12.2. The maximum Gasteiger partial charge on any atom is 0.694 e. The summed E-state index contributed by atoms with van der Waals surface area (Å²) in [5.41, 5.74) is 0. The van der Waals surface area contributed by atoms with E-state index in [1.807, 2.05) is 0 Å². The quantitative estimate of drug-likeness (QED) is 0.489. The predicted octanol–water partition coefficient (Wildman–Crippen LogP) is -0.356. The zero-order chi connectivity index (χ0) is 8.69. The fraction of sp³-hybridized carbons (Fsp3) is 1.00. The Bertz CT molecular complexity index is 113. The monoisotopic (exact) mass is 183 g/mol. The molecular weight excluding hydrogens is 171 g/mol. The van der Waals surface area contributed by atoms with Crippen molar-refractivity contribution in [2.24, 2.45) is 5.92 Å². The molecule has 0 heterocycles. The first kappa shape index (κ1) is 10.9. The van der Waals surface area contributed by atoms with Crippen LogP contribution >= 0.6 is 8.25 Å². The summed E-state index contributed by atoms with van der Waals surface area (Å²) in [6.07, 6.45) is 0.384. The van der Waals surface area contributed by atoms with E-state index in [9.17, 15) is 4.57 Å². The van der Waals surface area contributed by atoms with Gasteiger partial charge in [-0.05, 0) is 6.42 Å². The van der Waals surface area contributed by atoms with Crippen LogP contribution < -0.4 is 0 Å². The molecule has 0 spiro atoms. The van der Waals surface area contributed by atoms with E-state index >= 15 is 0 Å². The van der Waals surface area contributed by atoms with Crippen LogP contribution in [0.3, 0.4) is 0 Å². The first-order valence-corrected chi connectivity index (χ1v) is 4.34. The lowest BCUT2D eigenvalue weighted by Crippen LogP contribution is -2.12. The second-order valence-corrected chi connectivity index (χ2v) is 2.82. The molecule has 11 heavy (non-hydrogen) atoms. The summed E-state index contributed by atoms with van der Waals surface area (Å²) in [5, 5.41) is 17.1. The Morgan fingerprint density at radius 1 is 1.36 bits per heavy atom. The fourth-order valence-corrected chi connectivity index (χ4v) is 0.799. The van der Waals surface area contributed by atoms with Gasteiger partial charge in [-0.1, -0.05) is 0 Å². The zero-order valence-corrected chi connectivity index (χ0v) is 6.91. The van der Waals surface area contributed by atoms with Crippen molar-refractivity contribution < 1.29 is 24.2 Å². The number of hydrogen-bond donors (Lipinski definition) is 3. The van der Waals surface area contributed by atoms with Crippen LogP contribution in [0.1, 0.15) is 6.42 Å². The fourth-order valence-electron chi connectivity index (χ4n) is 0.538. The van der Waals surface area contributed by atoms with E-state index in [0.717, 1.165) is 0 Å². The number of rotatable bonds is 6. The van der Waals surface area contributed by atoms with Crippen molar-refractivity contribution in [3.05, 3.63) is 0 Å². The summed E-state index contributed by atoms with van der Waals surface area (Å²) < 4.78 is 14.3.